The zero-order chi connectivity index (χ0) is 14.7. The largest absolute Gasteiger partial charge is 0.381 e. The number of rotatable bonds is 4. The predicted octanol–water partition coefficient (Wildman–Crippen LogP) is 2.35. The second-order valence-electron chi connectivity index (χ2n) is 4.51. The van der Waals surface area contributed by atoms with E-state index in [4.69, 9.17) is 11.6 Å². The Balaban J connectivity index is 2.14. The maximum absolute atomic E-state index is 11.7. The molecular weight excluding hydrogens is 276 g/mol. The fourth-order valence-electron chi connectivity index (χ4n) is 1.86. The van der Waals surface area contributed by atoms with Gasteiger partial charge in [-0.05, 0) is 25.1 Å². The molecule has 2 rings (SSSR count). The van der Waals surface area contributed by atoms with Crippen molar-refractivity contribution in [2.45, 2.75) is 13.5 Å². The van der Waals surface area contributed by atoms with Crippen LogP contribution >= 0.6 is 11.6 Å². The number of amides is 1. The Labute approximate surface area is 122 Å². The lowest BCUT2D eigenvalue weighted by Crippen LogP contribution is -2.18. The van der Waals surface area contributed by atoms with Crippen LogP contribution in [-0.2, 0) is 13.6 Å². The van der Waals surface area contributed by atoms with Crippen LogP contribution in [0.4, 0.5) is 5.69 Å². The highest BCUT2D eigenvalue weighted by atomic mass is 35.5. The molecule has 0 aliphatic carbocycles. The summed E-state index contributed by atoms with van der Waals surface area (Å²) in [5, 5.41) is 10.5. The SMILES string of the molecule is CNC(=O)c1cc(NCc2cnn(C)c2C)ccc1Cl. The Bertz CT molecular complexity index is 636. The molecule has 1 aromatic carbocycles. The van der Waals surface area contributed by atoms with Crippen LogP contribution in [0.3, 0.4) is 0 Å². The average molecular weight is 293 g/mol. The van der Waals surface area contributed by atoms with Crippen molar-refractivity contribution < 1.29 is 4.79 Å². The first-order valence-corrected chi connectivity index (χ1v) is 6.63. The van der Waals surface area contributed by atoms with E-state index in [9.17, 15) is 4.79 Å². The summed E-state index contributed by atoms with van der Waals surface area (Å²) in [6.07, 6.45) is 1.83. The number of hydrogen-bond donors (Lipinski definition) is 2. The number of benzene rings is 1. The van der Waals surface area contributed by atoms with Gasteiger partial charge >= 0.3 is 0 Å². The summed E-state index contributed by atoms with van der Waals surface area (Å²) in [4.78, 5) is 11.7. The number of hydrogen-bond acceptors (Lipinski definition) is 3. The molecule has 1 heterocycles. The predicted molar refractivity (Wildman–Crippen MR) is 80.1 cm³/mol. The van der Waals surface area contributed by atoms with Gasteiger partial charge in [0.15, 0.2) is 0 Å². The summed E-state index contributed by atoms with van der Waals surface area (Å²) in [5.41, 5.74) is 3.53. The number of carbonyl (C=O) groups is 1. The average Bonchev–Trinajstić information content (AvgIpc) is 2.77. The van der Waals surface area contributed by atoms with Crippen molar-refractivity contribution in [1.29, 1.82) is 0 Å². The molecule has 1 amide bonds. The Kier molecular flexibility index (Phi) is 4.29. The third kappa shape index (κ3) is 2.93. The second kappa shape index (κ2) is 5.96. The topological polar surface area (TPSA) is 59.0 Å². The monoisotopic (exact) mass is 292 g/mol. The Morgan fingerprint density at radius 3 is 2.80 bits per heavy atom. The van der Waals surface area contributed by atoms with Crippen LogP contribution in [0.2, 0.25) is 5.02 Å². The molecule has 0 aliphatic rings. The first kappa shape index (κ1) is 14.4. The van der Waals surface area contributed by atoms with Gasteiger partial charge < -0.3 is 10.6 Å². The van der Waals surface area contributed by atoms with E-state index in [-0.39, 0.29) is 5.91 Å². The molecule has 1 aromatic heterocycles. The van der Waals surface area contributed by atoms with Crippen molar-refractivity contribution in [2.75, 3.05) is 12.4 Å². The van der Waals surface area contributed by atoms with Crippen molar-refractivity contribution in [3.63, 3.8) is 0 Å². The first-order chi connectivity index (χ1) is 9.52. The van der Waals surface area contributed by atoms with Gasteiger partial charge in [-0.3, -0.25) is 9.48 Å². The normalized spacial score (nSPS) is 10.4. The van der Waals surface area contributed by atoms with Crippen LogP contribution in [0.25, 0.3) is 0 Å². The molecule has 6 heteroatoms. The summed E-state index contributed by atoms with van der Waals surface area (Å²) >= 11 is 6.01. The number of anilines is 1. The van der Waals surface area contributed by atoms with Crippen molar-refractivity contribution >= 4 is 23.2 Å². The standard InChI is InChI=1S/C14H17ClN4O/c1-9-10(8-18-19(9)3)7-17-11-4-5-13(15)12(6-11)14(20)16-2/h4-6,8,17H,7H2,1-3H3,(H,16,20). The quantitative estimate of drug-likeness (QED) is 0.909. The van der Waals surface area contributed by atoms with Crippen LogP contribution in [0.15, 0.2) is 24.4 Å². The number of carbonyl (C=O) groups excluding carboxylic acids is 1. The van der Waals surface area contributed by atoms with E-state index in [1.54, 1.807) is 19.2 Å². The third-order valence-corrected chi connectivity index (χ3v) is 3.59. The molecule has 106 valence electrons. The summed E-state index contributed by atoms with van der Waals surface area (Å²) in [7, 11) is 3.49. The molecule has 0 saturated heterocycles. The summed E-state index contributed by atoms with van der Waals surface area (Å²) in [6, 6.07) is 5.30. The Morgan fingerprint density at radius 1 is 1.45 bits per heavy atom. The van der Waals surface area contributed by atoms with Crippen LogP contribution < -0.4 is 10.6 Å². The number of aromatic nitrogens is 2. The summed E-state index contributed by atoms with van der Waals surface area (Å²) in [6.45, 7) is 2.66. The lowest BCUT2D eigenvalue weighted by atomic mass is 10.1. The van der Waals surface area contributed by atoms with Crippen molar-refractivity contribution in [2.24, 2.45) is 7.05 Å². The van der Waals surface area contributed by atoms with E-state index in [1.807, 2.05) is 30.9 Å². The highest BCUT2D eigenvalue weighted by Gasteiger charge is 2.10. The zero-order valence-electron chi connectivity index (χ0n) is 11.7. The molecule has 2 N–H and O–H groups in total. The van der Waals surface area contributed by atoms with Gasteiger partial charge in [-0.2, -0.15) is 5.10 Å². The van der Waals surface area contributed by atoms with E-state index in [0.29, 0.717) is 17.1 Å². The van der Waals surface area contributed by atoms with Crippen LogP contribution in [0.5, 0.6) is 0 Å². The third-order valence-electron chi connectivity index (χ3n) is 3.26. The lowest BCUT2D eigenvalue weighted by molar-refractivity contribution is 0.0963. The van der Waals surface area contributed by atoms with Gasteiger partial charge in [0, 0.05) is 37.6 Å². The van der Waals surface area contributed by atoms with Crippen LogP contribution in [0, 0.1) is 6.92 Å². The fourth-order valence-corrected chi connectivity index (χ4v) is 2.06. The maximum Gasteiger partial charge on any atom is 0.252 e. The number of aryl methyl sites for hydroxylation is 1. The number of halogens is 1. The molecule has 0 saturated carbocycles. The zero-order valence-corrected chi connectivity index (χ0v) is 12.5. The van der Waals surface area contributed by atoms with E-state index >= 15 is 0 Å². The van der Waals surface area contributed by atoms with E-state index in [2.05, 4.69) is 15.7 Å². The molecule has 0 atom stereocenters. The van der Waals surface area contributed by atoms with Gasteiger partial charge in [0.05, 0.1) is 16.8 Å². The molecule has 0 fully saturated rings. The molecule has 2 aromatic rings. The van der Waals surface area contributed by atoms with E-state index < -0.39 is 0 Å². The molecule has 0 bridgehead atoms. The second-order valence-corrected chi connectivity index (χ2v) is 4.91. The molecule has 0 unspecified atom stereocenters. The highest BCUT2D eigenvalue weighted by Crippen LogP contribution is 2.21. The summed E-state index contributed by atoms with van der Waals surface area (Å²) < 4.78 is 1.83. The smallest absolute Gasteiger partial charge is 0.252 e. The highest BCUT2D eigenvalue weighted by molar-refractivity contribution is 6.34. The van der Waals surface area contributed by atoms with Crippen molar-refractivity contribution in [3.8, 4) is 0 Å². The van der Waals surface area contributed by atoms with Gasteiger partial charge in [-0.1, -0.05) is 11.6 Å². The molecule has 20 heavy (non-hydrogen) atoms. The van der Waals surface area contributed by atoms with Crippen molar-refractivity contribution in [3.05, 3.63) is 46.2 Å². The van der Waals surface area contributed by atoms with Gasteiger partial charge in [0.2, 0.25) is 0 Å². The van der Waals surface area contributed by atoms with Crippen molar-refractivity contribution in [1.82, 2.24) is 15.1 Å². The molecule has 0 aliphatic heterocycles. The van der Waals surface area contributed by atoms with Gasteiger partial charge in [-0.25, -0.2) is 0 Å². The molecular formula is C14H17ClN4O. The lowest BCUT2D eigenvalue weighted by Gasteiger charge is -2.09. The summed E-state index contributed by atoms with van der Waals surface area (Å²) in [5.74, 6) is -0.198. The minimum Gasteiger partial charge on any atom is -0.381 e. The number of nitrogens with zero attached hydrogens (tertiary/aromatic N) is 2. The Morgan fingerprint density at radius 2 is 2.20 bits per heavy atom. The minimum atomic E-state index is -0.198. The van der Waals surface area contributed by atoms with Gasteiger partial charge in [-0.15, -0.1) is 0 Å². The van der Waals surface area contributed by atoms with Gasteiger partial charge in [0.1, 0.15) is 0 Å². The van der Waals surface area contributed by atoms with Crippen LogP contribution in [0.1, 0.15) is 21.6 Å². The van der Waals surface area contributed by atoms with Gasteiger partial charge in [0.25, 0.3) is 5.91 Å². The minimum absolute atomic E-state index is 0.198. The van der Waals surface area contributed by atoms with Crippen LogP contribution in [-0.4, -0.2) is 22.7 Å². The molecule has 0 spiro atoms. The fraction of sp³-hybridized carbons (Fsp3) is 0.286. The van der Waals surface area contributed by atoms with E-state index in [0.717, 1.165) is 16.9 Å². The molecule has 5 nitrogen and oxygen atoms in total. The maximum atomic E-state index is 11.7. The molecule has 0 radical (unpaired) electrons. The first-order valence-electron chi connectivity index (χ1n) is 6.26. The Hall–Kier alpha value is -2.01. The number of nitrogens with one attached hydrogen (secondary N) is 2. The van der Waals surface area contributed by atoms with E-state index in [1.165, 1.54) is 0 Å².